The van der Waals surface area contributed by atoms with Crippen LogP contribution in [0.15, 0.2) is 0 Å². The van der Waals surface area contributed by atoms with Crippen molar-refractivity contribution in [3.8, 4) is 0 Å². The van der Waals surface area contributed by atoms with Gasteiger partial charge in [0.05, 0.1) is 18.5 Å². The fraction of sp³-hybridized carbons (Fsp3) is 1.00. The smallest absolute Gasteiger partial charge is 0.148 e. The Morgan fingerprint density at radius 2 is 1.82 bits per heavy atom. The van der Waals surface area contributed by atoms with Gasteiger partial charge in [-0.15, -0.1) is 0 Å². The number of sulfone groups is 1. The van der Waals surface area contributed by atoms with Crippen LogP contribution >= 0.6 is 0 Å². The summed E-state index contributed by atoms with van der Waals surface area (Å²) in [5, 5.41) is 3.09. The van der Waals surface area contributed by atoms with Gasteiger partial charge in [-0.3, -0.25) is 0 Å². The Balaban J connectivity index is 1.94. The van der Waals surface area contributed by atoms with Crippen LogP contribution in [0.5, 0.6) is 0 Å². The molecule has 0 aromatic carbocycles. The summed E-state index contributed by atoms with van der Waals surface area (Å²) in [7, 11) is -2.84. The van der Waals surface area contributed by atoms with Crippen molar-refractivity contribution in [3.05, 3.63) is 0 Å². The standard InChI is InChI=1S/C12H25NO3S/c1-11-3-5-12(6-4-11)16-9-7-13-8-10-17(2,14)15/h11-13H,3-10H2,1-2H3. The van der Waals surface area contributed by atoms with E-state index in [1.54, 1.807) is 0 Å². The molecule has 0 radical (unpaired) electrons. The highest BCUT2D eigenvalue weighted by atomic mass is 32.2. The second kappa shape index (κ2) is 7.34. The van der Waals surface area contributed by atoms with Crippen LogP contribution in [0.3, 0.4) is 0 Å². The average molecular weight is 263 g/mol. The molecular formula is C12H25NO3S. The molecule has 0 aliphatic heterocycles. The molecule has 1 saturated carbocycles. The Hall–Kier alpha value is -0.130. The van der Waals surface area contributed by atoms with Crippen LogP contribution < -0.4 is 5.32 Å². The van der Waals surface area contributed by atoms with Gasteiger partial charge in [0.1, 0.15) is 9.84 Å². The van der Waals surface area contributed by atoms with E-state index in [0.717, 1.165) is 12.5 Å². The molecule has 17 heavy (non-hydrogen) atoms. The van der Waals surface area contributed by atoms with E-state index < -0.39 is 9.84 Å². The van der Waals surface area contributed by atoms with E-state index in [4.69, 9.17) is 4.74 Å². The molecule has 0 atom stereocenters. The minimum atomic E-state index is -2.84. The molecular weight excluding hydrogens is 238 g/mol. The van der Waals surface area contributed by atoms with Crippen molar-refractivity contribution in [2.45, 2.75) is 38.7 Å². The van der Waals surface area contributed by atoms with Crippen LogP contribution in [-0.2, 0) is 14.6 Å². The number of ether oxygens (including phenoxy) is 1. The minimum Gasteiger partial charge on any atom is -0.377 e. The molecule has 0 saturated heterocycles. The van der Waals surface area contributed by atoms with E-state index in [0.29, 0.717) is 19.3 Å². The van der Waals surface area contributed by atoms with Gasteiger partial charge in [-0.2, -0.15) is 0 Å². The zero-order chi connectivity index (χ0) is 12.7. The number of hydrogen-bond donors (Lipinski definition) is 1. The van der Waals surface area contributed by atoms with Crippen LogP contribution in [-0.4, -0.2) is 46.2 Å². The van der Waals surface area contributed by atoms with E-state index in [2.05, 4.69) is 12.2 Å². The zero-order valence-electron chi connectivity index (χ0n) is 10.9. The zero-order valence-corrected chi connectivity index (χ0v) is 11.8. The maximum Gasteiger partial charge on any atom is 0.148 e. The third kappa shape index (κ3) is 7.73. The lowest BCUT2D eigenvalue weighted by atomic mass is 9.89. The van der Waals surface area contributed by atoms with Crippen LogP contribution in [0.25, 0.3) is 0 Å². The lowest BCUT2D eigenvalue weighted by Gasteiger charge is -2.26. The quantitative estimate of drug-likeness (QED) is 0.702. The number of rotatable bonds is 7. The molecule has 102 valence electrons. The first kappa shape index (κ1) is 14.9. The van der Waals surface area contributed by atoms with Crippen molar-refractivity contribution in [1.29, 1.82) is 0 Å². The Morgan fingerprint density at radius 3 is 2.41 bits per heavy atom. The summed E-state index contributed by atoms with van der Waals surface area (Å²) >= 11 is 0. The monoisotopic (exact) mass is 263 g/mol. The average Bonchev–Trinajstić information content (AvgIpc) is 2.24. The lowest BCUT2D eigenvalue weighted by Crippen LogP contribution is -2.28. The van der Waals surface area contributed by atoms with Crippen LogP contribution in [0.4, 0.5) is 0 Å². The van der Waals surface area contributed by atoms with Crippen LogP contribution in [0.2, 0.25) is 0 Å². The maximum atomic E-state index is 10.9. The highest BCUT2D eigenvalue weighted by Gasteiger charge is 2.18. The van der Waals surface area contributed by atoms with E-state index in [1.807, 2.05) is 0 Å². The molecule has 1 rings (SSSR count). The Morgan fingerprint density at radius 1 is 1.18 bits per heavy atom. The molecule has 0 heterocycles. The van der Waals surface area contributed by atoms with Gasteiger partial charge < -0.3 is 10.1 Å². The van der Waals surface area contributed by atoms with Gasteiger partial charge in [0.2, 0.25) is 0 Å². The summed E-state index contributed by atoms with van der Waals surface area (Å²) in [4.78, 5) is 0. The van der Waals surface area contributed by atoms with Gasteiger partial charge in [-0.25, -0.2) is 8.42 Å². The predicted octanol–water partition coefficient (Wildman–Crippen LogP) is 1.22. The summed E-state index contributed by atoms with van der Waals surface area (Å²) in [5.41, 5.74) is 0. The second-order valence-corrected chi connectivity index (χ2v) is 7.39. The lowest BCUT2D eigenvalue weighted by molar-refractivity contribution is 0.0218. The van der Waals surface area contributed by atoms with Gasteiger partial charge in [-0.1, -0.05) is 6.92 Å². The Kier molecular flexibility index (Phi) is 6.44. The SMILES string of the molecule is CC1CCC(OCCNCCS(C)(=O)=O)CC1. The molecule has 1 aliphatic carbocycles. The van der Waals surface area contributed by atoms with Crippen LogP contribution in [0.1, 0.15) is 32.6 Å². The topological polar surface area (TPSA) is 55.4 Å². The molecule has 1 fully saturated rings. The molecule has 0 bridgehead atoms. The molecule has 0 amide bonds. The third-order valence-corrected chi connectivity index (χ3v) is 4.19. The first-order valence-electron chi connectivity index (χ1n) is 6.47. The summed E-state index contributed by atoms with van der Waals surface area (Å²) in [6.45, 7) is 4.23. The van der Waals surface area contributed by atoms with E-state index >= 15 is 0 Å². The van der Waals surface area contributed by atoms with Gasteiger partial charge in [-0.05, 0) is 31.6 Å². The van der Waals surface area contributed by atoms with Gasteiger partial charge in [0.25, 0.3) is 0 Å². The molecule has 0 unspecified atom stereocenters. The van der Waals surface area contributed by atoms with Crippen LogP contribution in [0, 0.1) is 5.92 Å². The second-order valence-electron chi connectivity index (χ2n) is 5.13. The Bertz CT molecular complexity index is 295. The van der Waals surface area contributed by atoms with Crippen molar-refractivity contribution in [3.63, 3.8) is 0 Å². The summed E-state index contributed by atoms with van der Waals surface area (Å²) in [5.74, 6) is 1.05. The Labute approximate surface area is 105 Å². The molecule has 0 spiro atoms. The van der Waals surface area contributed by atoms with Gasteiger partial charge in [0, 0.05) is 19.3 Å². The minimum absolute atomic E-state index is 0.202. The van der Waals surface area contributed by atoms with E-state index in [9.17, 15) is 8.42 Å². The highest BCUT2D eigenvalue weighted by molar-refractivity contribution is 7.90. The normalized spacial score (nSPS) is 26.0. The molecule has 1 aliphatic rings. The molecule has 0 aromatic rings. The van der Waals surface area contributed by atoms with Gasteiger partial charge >= 0.3 is 0 Å². The van der Waals surface area contributed by atoms with E-state index in [1.165, 1.54) is 31.9 Å². The number of hydrogen-bond acceptors (Lipinski definition) is 4. The first-order valence-corrected chi connectivity index (χ1v) is 8.53. The summed E-state index contributed by atoms with van der Waals surface area (Å²) < 4.78 is 27.5. The van der Waals surface area contributed by atoms with E-state index in [-0.39, 0.29) is 5.75 Å². The van der Waals surface area contributed by atoms with Crippen molar-refractivity contribution in [2.75, 3.05) is 31.7 Å². The fourth-order valence-electron chi connectivity index (χ4n) is 2.08. The first-order chi connectivity index (χ1) is 7.97. The summed E-state index contributed by atoms with van der Waals surface area (Å²) in [6.07, 6.45) is 6.56. The fourth-order valence-corrected chi connectivity index (χ4v) is 2.59. The van der Waals surface area contributed by atoms with Crippen molar-refractivity contribution in [1.82, 2.24) is 5.32 Å². The maximum absolute atomic E-state index is 10.9. The third-order valence-electron chi connectivity index (χ3n) is 3.24. The predicted molar refractivity (Wildman–Crippen MR) is 70.0 cm³/mol. The van der Waals surface area contributed by atoms with Crippen molar-refractivity contribution < 1.29 is 13.2 Å². The van der Waals surface area contributed by atoms with Gasteiger partial charge in [0.15, 0.2) is 0 Å². The highest BCUT2D eigenvalue weighted by Crippen LogP contribution is 2.25. The van der Waals surface area contributed by atoms with Crippen molar-refractivity contribution >= 4 is 9.84 Å². The molecule has 4 nitrogen and oxygen atoms in total. The summed E-state index contributed by atoms with van der Waals surface area (Å²) in [6, 6.07) is 0. The molecule has 0 aromatic heterocycles. The molecule has 5 heteroatoms. The van der Waals surface area contributed by atoms with Crippen molar-refractivity contribution in [2.24, 2.45) is 5.92 Å². The largest absolute Gasteiger partial charge is 0.377 e. The number of nitrogens with one attached hydrogen (secondary N) is 1. The molecule has 1 N–H and O–H groups in total.